The van der Waals surface area contributed by atoms with Gasteiger partial charge in [0.05, 0.1) is 0 Å². The molecule has 2 heteroatoms. The fourth-order valence-corrected chi connectivity index (χ4v) is 6.21. The van der Waals surface area contributed by atoms with Gasteiger partial charge in [0.15, 0.2) is 0 Å². The van der Waals surface area contributed by atoms with Crippen molar-refractivity contribution in [1.82, 2.24) is 0 Å². The second-order valence-electron chi connectivity index (χ2n) is 7.08. The van der Waals surface area contributed by atoms with Crippen molar-refractivity contribution in [1.29, 1.82) is 0 Å². The Morgan fingerprint density at radius 1 is 1.14 bits per heavy atom. The molecule has 1 saturated carbocycles. The zero-order chi connectivity index (χ0) is 14.7. The molecule has 1 atom stereocenters. The molecule has 1 aliphatic heterocycles. The Hall–Kier alpha value is -0.591. The van der Waals surface area contributed by atoms with Crippen LogP contribution in [0.25, 0.3) is 0 Å². The molecule has 21 heavy (non-hydrogen) atoms. The molecule has 0 radical (unpaired) electrons. The molecule has 1 aromatic carbocycles. The Morgan fingerprint density at radius 2 is 1.86 bits per heavy atom. The van der Waals surface area contributed by atoms with Crippen LogP contribution < -0.4 is 4.46 Å². The van der Waals surface area contributed by atoms with Crippen LogP contribution in [-0.2, 0) is 0 Å². The van der Waals surface area contributed by atoms with Crippen LogP contribution in [0.4, 0.5) is 0 Å². The Morgan fingerprint density at radius 3 is 2.52 bits per heavy atom. The van der Waals surface area contributed by atoms with Gasteiger partial charge in [-0.3, -0.25) is 0 Å². The first-order chi connectivity index (χ1) is 10.2. The van der Waals surface area contributed by atoms with Gasteiger partial charge in [0, 0.05) is 0 Å². The van der Waals surface area contributed by atoms with Crippen LogP contribution in [0.2, 0.25) is 5.32 Å². The van der Waals surface area contributed by atoms with Gasteiger partial charge in [-0.15, -0.1) is 0 Å². The zero-order valence-electron chi connectivity index (χ0n) is 13.4. The second-order valence-corrected chi connectivity index (χ2v) is 9.37. The van der Waals surface area contributed by atoms with Gasteiger partial charge in [0.2, 0.25) is 0 Å². The summed E-state index contributed by atoms with van der Waals surface area (Å²) < 4.78 is 4.26. The van der Waals surface area contributed by atoms with Crippen LogP contribution >= 0.6 is 0 Å². The first-order valence-electron chi connectivity index (χ1n) is 8.50. The Bertz CT molecular complexity index is 486. The van der Waals surface area contributed by atoms with Crippen molar-refractivity contribution in [2.75, 3.05) is 0 Å². The molecule has 0 saturated heterocycles. The van der Waals surface area contributed by atoms with Crippen molar-refractivity contribution in [3.05, 3.63) is 30.3 Å². The summed E-state index contributed by atoms with van der Waals surface area (Å²) in [5.41, 5.74) is 0.556. The average molecular weight is 349 g/mol. The molecular weight excluding hydrogens is 321 g/mol. The first kappa shape index (κ1) is 15.3. The first-order valence-corrected chi connectivity index (χ1v) is 10.6. The van der Waals surface area contributed by atoms with Crippen molar-refractivity contribution < 1.29 is 4.58 Å². The quantitative estimate of drug-likeness (QED) is 0.577. The van der Waals surface area contributed by atoms with Gasteiger partial charge < -0.3 is 0 Å². The maximum atomic E-state index is 2.70. The molecule has 0 aromatic heterocycles. The number of rotatable bonds is 4. The van der Waals surface area contributed by atoms with Crippen LogP contribution in [0.15, 0.2) is 30.3 Å². The summed E-state index contributed by atoms with van der Waals surface area (Å²) in [6, 6.07) is 12.5. The molecule has 1 spiro atoms. The van der Waals surface area contributed by atoms with E-state index < -0.39 is 0 Å². The molecule has 1 aromatic rings. The number of benzene rings is 1. The third-order valence-corrected chi connectivity index (χ3v) is 7.55. The van der Waals surface area contributed by atoms with Crippen LogP contribution in [0.1, 0.15) is 52.4 Å². The minimum atomic E-state index is 0.556. The Balaban J connectivity index is 1.68. The molecular formula is C19H28NSe+. The summed E-state index contributed by atoms with van der Waals surface area (Å²) in [5, 5.41) is 1.37. The van der Waals surface area contributed by atoms with E-state index in [0.29, 0.717) is 26.4 Å². The molecule has 0 amide bonds. The number of hydrogen-bond acceptors (Lipinski definition) is 0. The fraction of sp³-hybridized carbons (Fsp3) is 0.632. The predicted molar refractivity (Wildman–Crippen MR) is 92.0 cm³/mol. The number of nitrogens with zero attached hydrogens (tertiary/aromatic N) is 1. The van der Waals surface area contributed by atoms with E-state index in [9.17, 15) is 0 Å². The van der Waals surface area contributed by atoms with Gasteiger partial charge >= 0.3 is 136 Å². The van der Waals surface area contributed by atoms with Crippen LogP contribution in [0, 0.1) is 5.41 Å². The van der Waals surface area contributed by atoms with Crippen molar-refractivity contribution in [2.24, 2.45) is 5.41 Å². The summed E-state index contributed by atoms with van der Waals surface area (Å²) >= 11 is 0.618. The molecule has 0 N–H and O–H groups in total. The second kappa shape index (κ2) is 6.67. The number of hydrogen-bond donors (Lipinski definition) is 0. The van der Waals surface area contributed by atoms with E-state index in [2.05, 4.69) is 55.0 Å². The summed E-state index contributed by atoms with van der Waals surface area (Å²) in [6.45, 7) is 4.72. The van der Waals surface area contributed by atoms with E-state index in [-0.39, 0.29) is 0 Å². The molecule has 1 unspecified atom stereocenters. The Kier molecular flexibility index (Phi) is 4.86. The molecule has 3 rings (SSSR count). The predicted octanol–water partition coefficient (Wildman–Crippen LogP) is 3.65. The van der Waals surface area contributed by atoms with Crippen molar-refractivity contribution in [3.8, 4) is 0 Å². The molecule has 1 nitrogen and oxygen atoms in total. The summed E-state index contributed by atoms with van der Waals surface area (Å²) in [4.78, 5) is 0. The average Bonchev–Trinajstić information content (AvgIpc) is 2.86. The standard InChI is InChI=1S/C19H28NSe/c1-16(2)20-15-19(11-7-4-8-12-19)13-17(20)14-21-18-9-5-3-6-10-18/h3,5-6,9-10,15-17H,4,7-8,11-14H2,1-2H3/q+1. The molecule has 1 fully saturated rings. The van der Waals surface area contributed by atoms with Gasteiger partial charge in [-0.2, -0.15) is 0 Å². The molecule has 1 aliphatic carbocycles. The van der Waals surface area contributed by atoms with E-state index in [0.717, 1.165) is 6.04 Å². The van der Waals surface area contributed by atoms with Gasteiger partial charge in [0.25, 0.3) is 0 Å². The topological polar surface area (TPSA) is 3.01 Å². The van der Waals surface area contributed by atoms with E-state index >= 15 is 0 Å². The van der Waals surface area contributed by atoms with Crippen LogP contribution in [0.3, 0.4) is 0 Å². The SMILES string of the molecule is CC(C)[N+]1=CC2(CCCCC2)CC1C[Se]c1ccccc1. The maximum absolute atomic E-state index is 2.70. The van der Waals surface area contributed by atoms with Gasteiger partial charge in [-0.1, -0.05) is 0 Å². The zero-order valence-corrected chi connectivity index (χ0v) is 15.1. The minimum absolute atomic E-state index is 0.556. The van der Waals surface area contributed by atoms with E-state index in [1.807, 2.05) is 0 Å². The third-order valence-electron chi connectivity index (χ3n) is 5.12. The van der Waals surface area contributed by atoms with E-state index in [1.165, 1.54) is 43.8 Å². The van der Waals surface area contributed by atoms with Gasteiger partial charge in [0.1, 0.15) is 0 Å². The monoisotopic (exact) mass is 350 g/mol. The van der Waals surface area contributed by atoms with Gasteiger partial charge in [-0.25, -0.2) is 0 Å². The fourth-order valence-electron chi connectivity index (χ4n) is 4.06. The normalized spacial score (nSPS) is 24.5. The molecule has 114 valence electrons. The molecule has 1 heterocycles. The summed E-state index contributed by atoms with van der Waals surface area (Å²) in [5.74, 6) is 0. The van der Waals surface area contributed by atoms with Crippen LogP contribution in [-0.4, -0.2) is 37.8 Å². The van der Waals surface area contributed by atoms with E-state index in [4.69, 9.17) is 0 Å². The Labute approximate surface area is 136 Å². The van der Waals surface area contributed by atoms with Crippen LogP contribution in [0.5, 0.6) is 0 Å². The summed E-state index contributed by atoms with van der Waals surface area (Å²) in [7, 11) is 0. The summed E-state index contributed by atoms with van der Waals surface area (Å²) in [6.07, 6.45) is 11.3. The third kappa shape index (κ3) is 3.60. The van der Waals surface area contributed by atoms with Crippen molar-refractivity contribution in [2.45, 2.75) is 69.8 Å². The van der Waals surface area contributed by atoms with Gasteiger partial charge in [-0.05, 0) is 0 Å². The van der Waals surface area contributed by atoms with Crippen molar-refractivity contribution in [3.63, 3.8) is 0 Å². The molecule has 0 bridgehead atoms. The molecule has 2 aliphatic rings. The van der Waals surface area contributed by atoms with E-state index in [1.54, 1.807) is 4.46 Å². The van der Waals surface area contributed by atoms with Crippen molar-refractivity contribution >= 4 is 25.6 Å².